The van der Waals surface area contributed by atoms with Gasteiger partial charge in [0.05, 0.1) is 25.5 Å². The summed E-state index contributed by atoms with van der Waals surface area (Å²) >= 11 is 0. The minimum Gasteiger partial charge on any atom is -0.379 e. The lowest BCUT2D eigenvalue weighted by molar-refractivity contribution is 0.0398. The number of ether oxygens (including phenoxy) is 1. The zero-order valence-corrected chi connectivity index (χ0v) is 20.9. The lowest BCUT2D eigenvalue weighted by atomic mass is 10.1. The molecule has 10 heteroatoms. The van der Waals surface area contributed by atoms with Gasteiger partial charge in [-0.3, -0.25) is 15.0 Å². The number of morpholine rings is 1. The van der Waals surface area contributed by atoms with E-state index in [0.717, 1.165) is 62.3 Å². The zero-order chi connectivity index (χ0) is 24.9. The molecule has 37 heavy (non-hydrogen) atoms. The first kappa shape index (κ1) is 23.6. The number of allylic oxidation sites excluding steroid dienone is 1. The normalized spacial score (nSPS) is 17.8. The van der Waals surface area contributed by atoms with Gasteiger partial charge in [-0.25, -0.2) is 0 Å². The summed E-state index contributed by atoms with van der Waals surface area (Å²) in [4.78, 5) is 16.5. The van der Waals surface area contributed by atoms with E-state index >= 15 is 0 Å². The third kappa shape index (κ3) is 6.33. The number of nitrogens with one attached hydrogen (secondary N) is 4. The van der Waals surface area contributed by atoms with Crippen molar-refractivity contribution in [3.8, 4) is 0 Å². The molecular formula is C27H33N9O. The SMILES string of the molecule is C1=C(CNc2nc(NCCN3CCOCC3)cc(Nc3cc(C4CC4)[nH]n3)n2)CN=C1c1ccccc1. The summed E-state index contributed by atoms with van der Waals surface area (Å²) in [5.74, 6) is 3.41. The molecule has 0 spiro atoms. The highest BCUT2D eigenvalue weighted by atomic mass is 16.5. The topological polar surface area (TPSA) is 115 Å². The number of nitrogens with zero attached hydrogens (tertiary/aromatic N) is 5. The van der Waals surface area contributed by atoms with Gasteiger partial charge in [0.1, 0.15) is 11.6 Å². The van der Waals surface area contributed by atoms with Gasteiger partial charge in [0, 0.05) is 56.5 Å². The molecule has 0 unspecified atom stereocenters. The van der Waals surface area contributed by atoms with Crippen LogP contribution in [0.15, 0.2) is 59.1 Å². The zero-order valence-electron chi connectivity index (χ0n) is 20.9. The third-order valence-electron chi connectivity index (χ3n) is 6.77. The maximum Gasteiger partial charge on any atom is 0.226 e. The first-order valence-electron chi connectivity index (χ1n) is 13.1. The summed E-state index contributed by atoms with van der Waals surface area (Å²) in [6.07, 6.45) is 4.60. The van der Waals surface area contributed by atoms with E-state index < -0.39 is 0 Å². The molecule has 3 aliphatic rings. The van der Waals surface area contributed by atoms with Crippen LogP contribution < -0.4 is 16.0 Å². The van der Waals surface area contributed by atoms with Crippen LogP contribution in [0, 0.1) is 0 Å². The Bertz CT molecular complexity index is 1260. The average molecular weight is 500 g/mol. The second-order valence-electron chi connectivity index (χ2n) is 9.67. The largest absolute Gasteiger partial charge is 0.379 e. The minimum absolute atomic E-state index is 0.561. The predicted octanol–water partition coefficient (Wildman–Crippen LogP) is 3.41. The van der Waals surface area contributed by atoms with E-state index in [9.17, 15) is 0 Å². The molecule has 1 saturated carbocycles. The number of hydrogen-bond acceptors (Lipinski definition) is 9. The van der Waals surface area contributed by atoms with Crippen LogP contribution in [0.25, 0.3) is 0 Å². The van der Waals surface area contributed by atoms with Crippen LogP contribution >= 0.6 is 0 Å². The molecule has 0 bridgehead atoms. The molecule has 3 aromatic rings. The van der Waals surface area contributed by atoms with Crippen molar-refractivity contribution in [3.05, 3.63) is 65.4 Å². The van der Waals surface area contributed by atoms with E-state index in [1.165, 1.54) is 24.1 Å². The average Bonchev–Trinajstić information content (AvgIpc) is 3.49. The van der Waals surface area contributed by atoms with Gasteiger partial charge < -0.3 is 20.7 Å². The number of aromatic nitrogens is 4. The molecule has 4 heterocycles. The number of hydrogen-bond donors (Lipinski definition) is 4. The van der Waals surface area contributed by atoms with Crippen LogP contribution in [0.2, 0.25) is 0 Å². The fourth-order valence-electron chi connectivity index (χ4n) is 4.54. The number of H-pyrrole nitrogens is 1. The lowest BCUT2D eigenvalue weighted by Crippen LogP contribution is -2.39. The Morgan fingerprint density at radius 3 is 2.65 bits per heavy atom. The fraction of sp³-hybridized carbons (Fsp3) is 0.407. The van der Waals surface area contributed by atoms with Crippen molar-refractivity contribution in [2.45, 2.75) is 18.8 Å². The van der Waals surface area contributed by atoms with Gasteiger partial charge in [0.15, 0.2) is 5.82 Å². The second-order valence-corrected chi connectivity index (χ2v) is 9.67. The number of rotatable bonds is 11. The number of aromatic amines is 1. The first-order chi connectivity index (χ1) is 18.3. The fourth-order valence-corrected chi connectivity index (χ4v) is 4.54. The van der Waals surface area contributed by atoms with E-state index in [1.807, 2.05) is 24.3 Å². The molecule has 4 N–H and O–H groups in total. The van der Waals surface area contributed by atoms with Crippen molar-refractivity contribution < 1.29 is 4.74 Å². The van der Waals surface area contributed by atoms with Crippen LogP contribution in [-0.2, 0) is 4.74 Å². The van der Waals surface area contributed by atoms with Crippen molar-refractivity contribution in [1.82, 2.24) is 25.1 Å². The molecule has 0 radical (unpaired) electrons. The Balaban J connectivity index is 1.12. The highest BCUT2D eigenvalue weighted by Crippen LogP contribution is 2.39. The standard InChI is InChI=1S/C27H33N9O/c1-2-4-20(5-3-1)22-14-19(17-29-22)18-30-27-32-24(28-8-9-36-10-12-37-13-11-36)16-25(33-27)31-26-15-23(34-35-26)21-6-7-21/h1-5,14-16,21H,6-13,17-18H2,(H4,28,30,31,32,33,34,35). The van der Waals surface area contributed by atoms with Crippen molar-refractivity contribution in [2.75, 3.05) is 68.4 Å². The highest BCUT2D eigenvalue weighted by Gasteiger charge is 2.25. The van der Waals surface area contributed by atoms with Crippen LogP contribution in [-0.4, -0.2) is 83.3 Å². The van der Waals surface area contributed by atoms with E-state index in [0.29, 0.717) is 30.8 Å². The second kappa shape index (κ2) is 11.1. The molecule has 1 aliphatic carbocycles. The van der Waals surface area contributed by atoms with Gasteiger partial charge in [0.2, 0.25) is 5.95 Å². The molecular weight excluding hydrogens is 466 g/mol. The molecule has 0 amide bonds. The van der Waals surface area contributed by atoms with Crippen LogP contribution in [0.3, 0.4) is 0 Å². The maximum absolute atomic E-state index is 5.45. The van der Waals surface area contributed by atoms with Crippen molar-refractivity contribution in [1.29, 1.82) is 0 Å². The van der Waals surface area contributed by atoms with Crippen LogP contribution in [0.1, 0.15) is 30.0 Å². The molecule has 2 aromatic heterocycles. The van der Waals surface area contributed by atoms with E-state index in [2.05, 4.69) is 55.3 Å². The summed E-state index contributed by atoms with van der Waals surface area (Å²) in [7, 11) is 0. The summed E-state index contributed by atoms with van der Waals surface area (Å²) in [5.41, 5.74) is 4.53. The molecule has 1 saturated heterocycles. The number of benzene rings is 1. The molecule has 10 nitrogen and oxygen atoms in total. The molecule has 2 aliphatic heterocycles. The van der Waals surface area contributed by atoms with Crippen LogP contribution in [0.4, 0.5) is 23.4 Å². The van der Waals surface area contributed by atoms with Crippen molar-refractivity contribution in [3.63, 3.8) is 0 Å². The number of aliphatic imine (C=N–C) groups is 1. The quantitative estimate of drug-likeness (QED) is 0.317. The molecule has 6 rings (SSSR count). The Morgan fingerprint density at radius 1 is 0.973 bits per heavy atom. The predicted molar refractivity (Wildman–Crippen MR) is 146 cm³/mol. The van der Waals surface area contributed by atoms with Gasteiger partial charge in [0.25, 0.3) is 0 Å². The first-order valence-corrected chi connectivity index (χ1v) is 13.1. The minimum atomic E-state index is 0.561. The summed E-state index contributed by atoms with van der Waals surface area (Å²) in [5, 5.41) is 17.8. The van der Waals surface area contributed by atoms with E-state index in [4.69, 9.17) is 19.7 Å². The third-order valence-corrected chi connectivity index (χ3v) is 6.77. The Kier molecular flexibility index (Phi) is 7.09. The summed E-state index contributed by atoms with van der Waals surface area (Å²) in [6.45, 7) is 6.58. The van der Waals surface area contributed by atoms with E-state index in [-0.39, 0.29) is 0 Å². The number of anilines is 4. The monoisotopic (exact) mass is 499 g/mol. The van der Waals surface area contributed by atoms with Crippen LogP contribution in [0.5, 0.6) is 0 Å². The molecule has 0 atom stereocenters. The highest BCUT2D eigenvalue weighted by molar-refractivity contribution is 6.10. The molecule has 1 aromatic carbocycles. The van der Waals surface area contributed by atoms with Gasteiger partial charge >= 0.3 is 0 Å². The summed E-state index contributed by atoms with van der Waals surface area (Å²) in [6, 6.07) is 14.3. The van der Waals surface area contributed by atoms with Crippen molar-refractivity contribution >= 4 is 29.1 Å². The Labute approximate surface area is 216 Å². The van der Waals surface area contributed by atoms with Crippen molar-refractivity contribution in [2.24, 2.45) is 4.99 Å². The smallest absolute Gasteiger partial charge is 0.226 e. The van der Waals surface area contributed by atoms with Gasteiger partial charge in [-0.15, -0.1) is 0 Å². The molecule has 2 fully saturated rings. The summed E-state index contributed by atoms with van der Waals surface area (Å²) < 4.78 is 5.45. The Hall–Kier alpha value is -3.76. The maximum atomic E-state index is 5.45. The van der Waals surface area contributed by atoms with E-state index in [1.54, 1.807) is 0 Å². The van der Waals surface area contributed by atoms with Gasteiger partial charge in [-0.2, -0.15) is 15.1 Å². The Morgan fingerprint density at radius 2 is 1.81 bits per heavy atom. The van der Waals surface area contributed by atoms with Gasteiger partial charge in [-0.1, -0.05) is 30.3 Å². The van der Waals surface area contributed by atoms with Gasteiger partial charge in [-0.05, 0) is 30.1 Å². The lowest BCUT2D eigenvalue weighted by Gasteiger charge is -2.26. The molecule has 192 valence electrons.